The maximum atomic E-state index is 13.1. The van der Waals surface area contributed by atoms with Gasteiger partial charge in [-0.3, -0.25) is 20.9 Å². The fourth-order valence-corrected chi connectivity index (χ4v) is 15.8. The maximum Gasteiger partial charge on any atom is 0.195 e. The van der Waals surface area contributed by atoms with Crippen molar-refractivity contribution < 1.29 is 8.81 Å². The second kappa shape index (κ2) is 52.7. The molecule has 0 radical (unpaired) electrons. The highest BCUT2D eigenvalue weighted by Crippen LogP contribution is 2.37. The minimum Gasteiger partial charge on any atom is -0.467 e. The predicted molar refractivity (Wildman–Crippen MR) is 607 cm³/mol. The quantitative estimate of drug-likeness (QED) is 0.0289. The summed E-state index contributed by atoms with van der Waals surface area (Å²) in [5, 5.41) is 48.4. The highest BCUT2D eigenvalue weighted by molar-refractivity contribution is 5.40. The van der Waals surface area contributed by atoms with E-state index < -0.39 is 0 Å². The van der Waals surface area contributed by atoms with Gasteiger partial charge in [-0.15, -0.1) is 16.1 Å². The highest BCUT2D eigenvalue weighted by atomic mass is 19.1. The number of furan rings is 1. The molecule has 10 aromatic rings. The van der Waals surface area contributed by atoms with Crippen molar-refractivity contribution in [2.24, 2.45) is 5.73 Å². The first-order chi connectivity index (χ1) is 64.8. The summed E-state index contributed by atoms with van der Waals surface area (Å²) in [4.78, 5) is 4.74. The number of benzene rings is 7. The Kier molecular flexibility index (Phi) is 46.4. The average molecular weight is 1940 g/mol. The maximum absolute atomic E-state index is 13.1. The van der Waals surface area contributed by atoms with Gasteiger partial charge in [-0.25, -0.2) is 4.39 Å². The first-order valence-corrected chi connectivity index (χ1v) is 51.8. The van der Waals surface area contributed by atoms with Gasteiger partial charge in [0.25, 0.3) is 0 Å². The van der Waals surface area contributed by atoms with E-state index in [9.17, 15) is 4.39 Å². The van der Waals surface area contributed by atoms with Gasteiger partial charge in [0.15, 0.2) is 5.82 Å². The number of aryl methyl sites for hydroxylation is 2. The van der Waals surface area contributed by atoms with Crippen LogP contribution in [0.25, 0.3) is 0 Å². The van der Waals surface area contributed by atoms with Crippen molar-refractivity contribution in [3.63, 3.8) is 0 Å². The van der Waals surface area contributed by atoms with E-state index >= 15 is 0 Å². The molecular weight excluding hydrogens is 1740 g/mol. The van der Waals surface area contributed by atoms with Gasteiger partial charge in [0.05, 0.1) is 48.2 Å². The first kappa shape index (κ1) is 125. The Labute approximate surface area is 865 Å². The lowest BCUT2D eigenvalue weighted by Crippen LogP contribution is -2.39. The number of rotatable bonds is 22. The number of hydrogen-bond donors (Lipinski definition) is 9. The van der Waals surface area contributed by atoms with Gasteiger partial charge in [0.2, 0.25) is 0 Å². The van der Waals surface area contributed by atoms with Crippen LogP contribution in [0.3, 0.4) is 0 Å². The zero-order valence-corrected chi connectivity index (χ0v) is 97.2. The van der Waals surface area contributed by atoms with Crippen LogP contribution in [0.15, 0.2) is 205 Å². The minimum absolute atomic E-state index is 0.00654. The monoisotopic (exact) mass is 1940 g/mol. The molecule has 0 aliphatic carbocycles. The van der Waals surface area contributed by atoms with Crippen LogP contribution in [0.5, 0.6) is 0 Å². The molecule has 0 saturated carbocycles. The fourth-order valence-electron chi connectivity index (χ4n) is 15.8. The second-order valence-electron chi connectivity index (χ2n) is 53.0. The van der Waals surface area contributed by atoms with Crippen molar-refractivity contribution >= 4 is 0 Å². The number of aromatic nitrogens is 5. The number of tetrazole rings is 1. The highest BCUT2D eigenvalue weighted by Gasteiger charge is 2.31. The van der Waals surface area contributed by atoms with Crippen molar-refractivity contribution in [2.45, 2.75) is 450 Å². The third-order valence-corrected chi connectivity index (χ3v) is 23.5. The smallest absolute Gasteiger partial charge is 0.195 e. The third-order valence-electron chi connectivity index (χ3n) is 23.5. The Bertz CT molecular complexity index is 5380. The number of alkyl halides is 1. The van der Waals surface area contributed by atoms with Crippen LogP contribution in [0.2, 0.25) is 0 Å². The molecule has 0 saturated heterocycles. The molecule has 7 aromatic carbocycles. The average Bonchev–Trinajstić information content (AvgIpc) is 1.61. The number of nitrogens with two attached hydrogens (primary N) is 1. The summed E-state index contributed by atoms with van der Waals surface area (Å²) in [6.45, 7) is 98.4. The van der Waals surface area contributed by atoms with Gasteiger partial charge in [-0.2, -0.15) is 10.5 Å². The molecule has 0 amide bonds. The van der Waals surface area contributed by atoms with E-state index in [0.717, 1.165) is 41.1 Å². The number of hydrogen-bond acceptors (Lipinski definition) is 14. The Morgan fingerprint density at radius 1 is 0.345 bits per heavy atom. The molecule has 0 fully saturated rings. The summed E-state index contributed by atoms with van der Waals surface area (Å²) in [5.41, 5.74) is 28.2. The molecular formula is C126H195FN14O. The van der Waals surface area contributed by atoms with Crippen LogP contribution in [0, 0.1) is 37.0 Å². The lowest BCUT2D eigenvalue weighted by atomic mass is 9.86. The Balaban J connectivity index is 0.000000346. The number of aromatic amines is 1. The lowest BCUT2D eigenvalue weighted by Gasteiger charge is -2.29. The molecule has 7 atom stereocenters. The first-order valence-electron chi connectivity index (χ1n) is 51.8. The molecule has 0 unspecified atom stereocenters. The predicted octanol–water partition coefficient (Wildman–Crippen LogP) is 30.8. The number of H-pyrrole nitrogens is 1. The van der Waals surface area contributed by atoms with E-state index in [4.69, 9.17) is 20.4 Å². The molecule has 3 aromatic heterocycles. The molecule has 3 heterocycles. The SMILES string of the molecule is CC#C[C@@H](NC(C)(C)C)c1ccc(C(C)(C)C)cc1.CC(C)(C)N[C@@H](c1ccc(C(C)(C)C)cc1)c1nn[nH]n1.CC(C)(C)N[C@H](CCC#N)c1ccc(C(C)(C)C)cc1.CC(C)(C)N[C@H](CCN)c1ccc(C(C)(C)C)cc1.CC(C)(C)N[C@H](CF)c1ccc(C(C)(C)C)cc1.Cc1cccc([C@@H](NC(C)(C)C)c2ccc(C(C)(C)C)cc2)n1.Cc1ccoc1[C@@H](NC(C)(C)C)c1ccc(C(C)(C)C)cc1. The summed E-state index contributed by atoms with van der Waals surface area (Å²) < 4.78 is 18.9. The Morgan fingerprint density at radius 3 is 0.908 bits per heavy atom. The molecule has 10 rings (SSSR count). The van der Waals surface area contributed by atoms with E-state index in [2.05, 4.69) is 543 Å². The molecule has 15 nitrogen and oxygen atoms in total. The molecule has 16 heteroatoms. The fraction of sp³-hybridized carbons (Fsp3) is 0.563. The van der Waals surface area contributed by atoms with Crippen LogP contribution in [0.4, 0.5) is 4.39 Å². The van der Waals surface area contributed by atoms with Gasteiger partial charge in [-0.1, -0.05) is 332 Å². The van der Waals surface area contributed by atoms with Gasteiger partial charge in [-0.05, 0) is 325 Å². The largest absolute Gasteiger partial charge is 0.467 e. The van der Waals surface area contributed by atoms with Gasteiger partial charge < -0.3 is 31.4 Å². The summed E-state index contributed by atoms with van der Waals surface area (Å²) >= 11 is 0. The number of nitrogens with one attached hydrogen (secondary N) is 8. The minimum atomic E-state index is -0.383. The molecule has 10 N–H and O–H groups in total. The molecule has 0 aliphatic heterocycles. The topological polar surface area (TPSA) is 215 Å². The zero-order chi connectivity index (χ0) is 108. The van der Waals surface area contributed by atoms with Crippen molar-refractivity contribution in [1.29, 1.82) is 5.26 Å². The van der Waals surface area contributed by atoms with Crippen LogP contribution in [-0.2, 0) is 37.9 Å². The third kappa shape index (κ3) is 46.8. The normalized spacial score (nSPS) is 14.1. The number of pyridine rings is 1. The Hall–Kier alpha value is -9.30. The van der Waals surface area contributed by atoms with E-state index in [1.807, 2.05) is 38.1 Å². The number of halogens is 1. The van der Waals surface area contributed by atoms with Gasteiger partial charge in [0, 0.05) is 63.0 Å². The molecule has 142 heavy (non-hydrogen) atoms. The molecule has 0 bridgehead atoms. The van der Waals surface area contributed by atoms with Crippen LogP contribution >= 0.6 is 0 Å². The Morgan fingerprint density at radius 2 is 0.634 bits per heavy atom. The lowest BCUT2D eigenvalue weighted by molar-refractivity contribution is 0.306. The second-order valence-corrected chi connectivity index (χ2v) is 53.0. The van der Waals surface area contributed by atoms with Crippen molar-refractivity contribution in [3.05, 3.63) is 307 Å². The van der Waals surface area contributed by atoms with Crippen LogP contribution < -0.4 is 43.0 Å². The molecule has 782 valence electrons. The molecule has 0 spiro atoms. The van der Waals surface area contributed by atoms with E-state index in [0.29, 0.717) is 24.8 Å². The van der Waals surface area contributed by atoms with Gasteiger partial charge >= 0.3 is 0 Å². The number of nitrogens with zero attached hydrogens (tertiary/aromatic N) is 5. The van der Waals surface area contributed by atoms with Crippen LogP contribution in [0.1, 0.15) is 466 Å². The van der Waals surface area contributed by atoms with Crippen molar-refractivity contribution in [2.75, 3.05) is 13.2 Å². The number of nitriles is 1. The van der Waals surface area contributed by atoms with E-state index in [1.165, 1.54) is 72.3 Å². The van der Waals surface area contributed by atoms with E-state index in [1.54, 1.807) is 6.26 Å². The summed E-state index contributed by atoms with van der Waals surface area (Å²) in [5.74, 6) is 7.93. The summed E-state index contributed by atoms with van der Waals surface area (Å²) in [6, 6.07) is 72.3. The van der Waals surface area contributed by atoms with Gasteiger partial charge in [0.1, 0.15) is 12.4 Å². The summed E-state index contributed by atoms with van der Waals surface area (Å²) in [7, 11) is 0. The van der Waals surface area contributed by atoms with Crippen LogP contribution in [-0.4, -0.2) is 77.6 Å². The summed E-state index contributed by atoms with van der Waals surface area (Å²) in [6.07, 6.45) is 4.16. The van der Waals surface area contributed by atoms with Crippen molar-refractivity contribution in [1.82, 2.24) is 62.8 Å². The van der Waals surface area contributed by atoms with Crippen molar-refractivity contribution in [3.8, 4) is 17.9 Å². The molecule has 0 aliphatic rings. The zero-order valence-electron chi connectivity index (χ0n) is 97.2. The van der Waals surface area contributed by atoms with E-state index in [-0.39, 0.29) is 120 Å². The standard InChI is InChI=1S/C21H30N2.C20H29NO.C18H28N2.C18H27N.C17H30N2.C16H26FN.C16H25N5/c1-15-9-8-10-18(22-15)19(23-21(5,6)7)16-11-13-17(14-12-16)20(2,3)4;1-14-12-13-22-18(14)17(21-20(5,6)7)15-8-10-16(11-9-15)19(2,3)4;1-17(2,3)15-11-9-14(10-12-15)16(8-7-13-19)20-18(4,5)6;1-8-9-16(19-18(5,6)7)14-10-12-15(13-11-14)17(2,3)4;1-16(2,3)14-9-7-13(8-10-14)15(11-12-18)19-17(4,5)6;1-15(2,3)13-9-7-12(8-10-13)14(11-17)18-16(4,5)6;1-15(2,3)12-9-7-11(8-10-12)13(17-16(4,5)6)14-18-20-21-19-14/h8-14,19,23H,1-7H3;8-13,17,21H,1-7H3;9-12,16,20H,7-8H2,1-6H3;10-13,16,19H,1-7H3;7-10,15,19H,11-12,18H2,1-6H3;7-10,14,18H,11H2,1-6H3;7-10,13,17H,1-6H3,(H,18,19,20,21)/t19-;17-;2*16-;15-;14-;13-/m0011110/s1.